The average molecular weight is 820 g/mol. The molecule has 0 spiro atoms. The molecule has 6 heteroatoms. The monoisotopic (exact) mass is 819 g/mol. The van der Waals surface area contributed by atoms with Crippen molar-refractivity contribution < 1.29 is 4.79 Å². The third-order valence-corrected chi connectivity index (χ3v) is 15.3. The largest absolute Gasteiger partial charge is 0.370 e. The first-order valence-electron chi connectivity index (χ1n) is 21.2. The standard InChI is InChI=1S/C53H61N3OS2/c1-41(2)50(58-52(43-25-11-5-12-26-43,44-27-13-6-14-28-44)45-29-15-7-16-30-45)56(40-39-55-38-24-23-37-49(54)57)51(42(3)4)59-53(46-31-17-8-18-32-46,47-33-19-9-20-34-47)48-35-21-10-22-36-48/h5-22,25-36,41-42,50-51,55H,23-24,37-40H2,1-4H3,(H2,54,57). The quantitative estimate of drug-likeness (QED) is 0.0406. The van der Waals surface area contributed by atoms with Crippen LogP contribution in [-0.2, 0) is 14.3 Å². The maximum atomic E-state index is 11.5. The normalized spacial score (nSPS) is 13.1. The second-order valence-corrected chi connectivity index (χ2v) is 18.6. The number of nitrogens with one attached hydrogen (secondary N) is 1. The van der Waals surface area contributed by atoms with E-state index < -0.39 is 9.49 Å². The summed E-state index contributed by atoms with van der Waals surface area (Å²) in [7, 11) is 0. The van der Waals surface area contributed by atoms with E-state index in [4.69, 9.17) is 5.73 Å². The first-order chi connectivity index (χ1) is 28.8. The minimum Gasteiger partial charge on any atom is -0.370 e. The van der Waals surface area contributed by atoms with Gasteiger partial charge in [0.05, 0.1) is 20.2 Å². The lowest BCUT2D eigenvalue weighted by Crippen LogP contribution is -2.51. The number of nitrogens with two attached hydrogens (primary N) is 1. The molecular weight excluding hydrogens is 759 g/mol. The van der Waals surface area contributed by atoms with Gasteiger partial charge in [0.25, 0.3) is 0 Å². The second-order valence-electron chi connectivity index (χ2n) is 16.0. The second kappa shape index (κ2) is 21.6. The van der Waals surface area contributed by atoms with Crippen molar-refractivity contribution in [2.24, 2.45) is 17.6 Å². The van der Waals surface area contributed by atoms with Crippen LogP contribution in [0.25, 0.3) is 0 Å². The molecule has 2 atom stereocenters. The van der Waals surface area contributed by atoms with Crippen molar-refractivity contribution in [2.75, 3.05) is 19.6 Å². The highest BCUT2D eigenvalue weighted by molar-refractivity contribution is 8.02. The van der Waals surface area contributed by atoms with Crippen LogP contribution in [0.1, 0.15) is 80.3 Å². The molecule has 0 aliphatic heterocycles. The summed E-state index contributed by atoms with van der Waals surface area (Å²) in [4.78, 5) is 14.3. The van der Waals surface area contributed by atoms with Gasteiger partial charge in [-0.1, -0.05) is 210 Å². The lowest BCUT2D eigenvalue weighted by atomic mass is 9.84. The molecule has 0 bridgehead atoms. The number of nitrogens with zero attached hydrogens (tertiary/aromatic N) is 1. The number of thioether (sulfide) groups is 2. The van der Waals surface area contributed by atoms with Gasteiger partial charge < -0.3 is 11.1 Å². The minimum absolute atomic E-state index is 0.0900. The molecular formula is C53H61N3OS2. The van der Waals surface area contributed by atoms with Crippen molar-refractivity contribution in [3.63, 3.8) is 0 Å². The number of hydrogen-bond donors (Lipinski definition) is 2. The van der Waals surface area contributed by atoms with E-state index in [1.807, 2.05) is 0 Å². The van der Waals surface area contributed by atoms with Gasteiger partial charge in [0.1, 0.15) is 0 Å². The van der Waals surface area contributed by atoms with E-state index in [1.165, 1.54) is 33.4 Å². The van der Waals surface area contributed by atoms with Crippen molar-refractivity contribution in [3.8, 4) is 0 Å². The van der Waals surface area contributed by atoms with E-state index in [1.54, 1.807) is 0 Å². The Bertz CT molecular complexity index is 1770. The SMILES string of the molecule is CC(C)C(SC(c1ccccc1)(c1ccccc1)c1ccccc1)N(CCNCCCCC(N)=O)C(SC(c1ccccc1)(c1ccccc1)c1ccccc1)C(C)C. The molecule has 0 aliphatic rings. The van der Waals surface area contributed by atoms with E-state index >= 15 is 0 Å². The number of amides is 1. The van der Waals surface area contributed by atoms with Crippen molar-refractivity contribution in [1.29, 1.82) is 0 Å². The fraction of sp³-hybridized carbons (Fsp3) is 0.302. The van der Waals surface area contributed by atoms with Gasteiger partial charge in [-0.3, -0.25) is 9.69 Å². The number of carbonyl (C=O) groups is 1. The Balaban J connectivity index is 1.53. The summed E-state index contributed by atoms with van der Waals surface area (Å²) in [6.07, 6.45) is 2.13. The Morgan fingerprint density at radius 3 is 1.03 bits per heavy atom. The molecule has 3 N–H and O–H groups in total. The highest BCUT2D eigenvalue weighted by atomic mass is 32.2. The Hall–Kier alpha value is -4.59. The van der Waals surface area contributed by atoms with Crippen LogP contribution in [-0.4, -0.2) is 41.2 Å². The summed E-state index contributed by atoms with van der Waals surface area (Å²) in [6.45, 7) is 12.1. The zero-order valence-corrected chi connectivity index (χ0v) is 36.8. The Labute approximate surface area is 362 Å². The lowest BCUT2D eigenvalue weighted by Gasteiger charge is -2.49. The number of unbranched alkanes of at least 4 members (excludes halogenated alkanes) is 1. The van der Waals surface area contributed by atoms with Gasteiger partial charge in [-0.2, -0.15) is 0 Å². The Morgan fingerprint density at radius 1 is 0.492 bits per heavy atom. The molecule has 0 radical (unpaired) electrons. The molecule has 2 unspecified atom stereocenters. The maximum Gasteiger partial charge on any atom is 0.217 e. The summed E-state index contributed by atoms with van der Waals surface area (Å²) < 4.78 is -0.999. The van der Waals surface area contributed by atoms with Crippen molar-refractivity contribution in [2.45, 2.75) is 67.2 Å². The van der Waals surface area contributed by atoms with E-state index in [0.29, 0.717) is 6.42 Å². The summed E-state index contributed by atoms with van der Waals surface area (Å²) in [5.41, 5.74) is 13.1. The van der Waals surface area contributed by atoms with Crippen molar-refractivity contribution >= 4 is 29.4 Å². The van der Waals surface area contributed by atoms with Crippen LogP contribution in [0, 0.1) is 11.8 Å². The van der Waals surface area contributed by atoms with Gasteiger partial charge in [0.15, 0.2) is 0 Å². The summed E-state index contributed by atoms with van der Waals surface area (Å²) in [6, 6.07) is 66.6. The summed E-state index contributed by atoms with van der Waals surface area (Å²) in [5.74, 6) is 0.335. The number of benzene rings is 6. The number of hydrogen-bond acceptors (Lipinski definition) is 5. The number of carbonyl (C=O) groups excluding carboxylic acids is 1. The van der Waals surface area contributed by atoms with Crippen LogP contribution in [0.4, 0.5) is 0 Å². The summed E-state index contributed by atoms with van der Waals surface area (Å²) >= 11 is 4.16. The smallest absolute Gasteiger partial charge is 0.217 e. The molecule has 6 rings (SSSR count). The molecule has 6 aromatic rings. The number of rotatable bonds is 22. The van der Waals surface area contributed by atoms with Crippen LogP contribution < -0.4 is 11.1 Å². The average Bonchev–Trinajstić information content (AvgIpc) is 3.28. The van der Waals surface area contributed by atoms with E-state index in [-0.39, 0.29) is 28.5 Å². The van der Waals surface area contributed by atoms with E-state index in [9.17, 15) is 4.79 Å². The fourth-order valence-corrected chi connectivity index (χ4v) is 12.0. The van der Waals surface area contributed by atoms with Gasteiger partial charge in [-0.15, -0.1) is 23.5 Å². The molecule has 6 aromatic carbocycles. The predicted molar refractivity (Wildman–Crippen MR) is 253 cm³/mol. The molecule has 1 amide bonds. The topological polar surface area (TPSA) is 58.4 Å². The fourth-order valence-electron chi connectivity index (χ4n) is 8.26. The van der Waals surface area contributed by atoms with E-state index in [0.717, 1.165) is 32.5 Å². The summed E-state index contributed by atoms with van der Waals surface area (Å²) in [5, 5.41) is 3.96. The first kappa shape index (κ1) is 44.0. The minimum atomic E-state index is -0.499. The van der Waals surface area contributed by atoms with Crippen molar-refractivity contribution in [3.05, 3.63) is 215 Å². The van der Waals surface area contributed by atoms with Crippen LogP contribution >= 0.6 is 23.5 Å². The highest BCUT2D eigenvalue weighted by Crippen LogP contribution is 2.56. The molecule has 4 nitrogen and oxygen atoms in total. The third kappa shape index (κ3) is 10.6. The molecule has 0 saturated heterocycles. The zero-order valence-electron chi connectivity index (χ0n) is 35.1. The van der Waals surface area contributed by atoms with Gasteiger partial charge in [-0.05, 0) is 64.6 Å². The van der Waals surface area contributed by atoms with Crippen LogP contribution in [0.15, 0.2) is 182 Å². The van der Waals surface area contributed by atoms with Crippen LogP contribution in [0.5, 0.6) is 0 Å². The molecule has 306 valence electrons. The van der Waals surface area contributed by atoms with Gasteiger partial charge in [0.2, 0.25) is 5.91 Å². The maximum absolute atomic E-state index is 11.5. The molecule has 0 saturated carbocycles. The Morgan fingerprint density at radius 2 is 0.780 bits per heavy atom. The van der Waals surface area contributed by atoms with Gasteiger partial charge >= 0.3 is 0 Å². The van der Waals surface area contributed by atoms with Gasteiger partial charge in [0, 0.05) is 19.5 Å². The lowest BCUT2D eigenvalue weighted by molar-refractivity contribution is -0.118. The highest BCUT2D eigenvalue weighted by Gasteiger charge is 2.46. The Kier molecular flexibility index (Phi) is 16.1. The molecule has 0 fully saturated rings. The first-order valence-corrected chi connectivity index (χ1v) is 23.0. The number of primary amides is 1. The van der Waals surface area contributed by atoms with E-state index in [2.05, 4.69) is 243 Å². The molecule has 0 heterocycles. The zero-order chi connectivity index (χ0) is 41.5. The van der Waals surface area contributed by atoms with Crippen LogP contribution in [0.3, 0.4) is 0 Å². The van der Waals surface area contributed by atoms with Crippen molar-refractivity contribution in [1.82, 2.24) is 10.2 Å². The molecule has 0 aliphatic carbocycles. The van der Waals surface area contributed by atoms with Crippen LogP contribution in [0.2, 0.25) is 0 Å². The van der Waals surface area contributed by atoms with Gasteiger partial charge in [-0.25, -0.2) is 0 Å². The predicted octanol–water partition coefficient (Wildman–Crippen LogP) is 11.9. The molecule has 0 aromatic heterocycles. The third-order valence-electron chi connectivity index (χ3n) is 11.0. The molecule has 59 heavy (non-hydrogen) atoms.